The van der Waals surface area contributed by atoms with Crippen molar-refractivity contribution in [2.45, 2.75) is 38.4 Å². The molecule has 1 saturated heterocycles. The number of piperidine rings is 1. The van der Waals surface area contributed by atoms with Gasteiger partial charge in [0.05, 0.1) is 0 Å². The van der Waals surface area contributed by atoms with Crippen molar-refractivity contribution in [3.8, 4) is 0 Å². The average Bonchev–Trinajstić information content (AvgIpc) is 2.44. The van der Waals surface area contributed by atoms with Crippen molar-refractivity contribution >= 4 is 17.5 Å². The average molecular weight is 314 g/mol. The van der Waals surface area contributed by atoms with Crippen molar-refractivity contribution < 1.29 is 22.8 Å². The summed E-state index contributed by atoms with van der Waals surface area (Å²) in [5.41, 5.74) is 1.37. The number of halogens is 3. The second kappa shape index (κ2) is 6.81. The molecule has 1 aliphatic heterocycles. The molecule has 0 aromatic heterocycles. The van der Waals surface area contributed by atoms with Crippen LogP contribution in [0.1, 0.15) is 31.2 Å². The SMILES string of the molecule is O=C(CC(F)(F)F)NCc1cccc(N2CCCCC2=O)c1. The van der Waals surface area contributed by atoms with Gasteiger partial charge in [0.2, 0.25) is 11.8 Å². The molecule has 120 valence electrons. The lowest BCUT2D eigenvalue weighted by Crippen LogP contribution is -2.35. The maximum atomic E-state index is 12.1. The molecule has 0 spiro atoms. The third kappa shape index (κ3) is 4.75. The molecule has 1 heterocycles. The summed E-state index contributed by atoms with van der Waals surface area (Å²) < 4.78 is 36.2. The van der Waals surface area contributed by atoms with E-state index < -0.39 is 18.5 Å². The van der Waals surface area contributed by atoms with Gasteiger partial charge in [0.1, 0.15) is 6.42 Å². The topological polar surface area (TPSA) is 49.4 Å². The first-order chi connectivity index (χ1) is 10.3. The molecule has 0 bridgehead atoms. The van der Waals surface area contributed by atoms with Crippen molar-refractivity contribution in [2.75, 3.05) is 11.4 Å². The highest BCUT2D eigenvalue weighted by molar-refractivity contribution is 5.94. The number of anilines is 1. The van der Waals surface area contributed by atoms with Crippen LogP contribution in [0.5, 0.6) is 0 Å². The van der Waals surface area contributed by atoms with E-state index in [9.17, 15) is 22.8 Å². The van der Waals surface area contributed by atoms with Crippen LogP contribution in [-0.2, 0) is 16.1 Å². The van der Waals surface area contributed by atoms with Gasteiger partial charge in [0.15, 0.2) is 0 Å². The number of carbonyl (C=O) groups excluding carboxylic acids is 2. The highest BCUT2D eigenvalue weighted by Crippen LogP contribution is 2.22. The number of nitrogens with one attached hydrogen (secondary N) is 1. The fourth-order valence-electron chi connectivity index (χ4n) is 2.36. The Labute approximate surface area is 126 Å². The van der Waals surface area contributed by atoms with Crippen molar-refractivity contribution in [3.63, 3.8) is 0 Å². The highest BCUT2D eigenvalue weighted by Gasteiger charge is 2.31. The van der Waals surface area contributed by atoms with Gasteiger partial charge in [-0.05, 0) is 30.5 Å². The van der Waals surface area contributed by atoms with Crippen LogP contribution in [0, 0.1) is 0 Å². The lowest BCUT2D eigenvalue weighted by molar-refractivity contribution is -0.153. The van der Waals surface area contributed by atoms with Crippen molar-refractivity contribution in [2.24, 2.45) is 0 Å². The van der Waals surface area contributed by atoms with E-state index in [1.165, 1.54) is 0 Å². The minimum absolute atomic E-state index is 0.00475. The second-order valence-electron chi connectivity index (χ2n) is 5.24. The van der Waals surface area contributed by atoms with E-state index >= 15 is 0 Å². The summed E-state index contributed by atoms with van der Waals surface area (Å²) >= 11 is 0. The van der Waals surface area contributed by atoms with E-state index in [2.05, 4.69) is 5.32 Å². The van der Waals surface area contributed by atoms with Crippen LogP contribution in [0.15, 0.2) is 24.3 Å². The lowest BCUT2D eigenvalue weighted by Gasteiger charge is -2.27. The molecule has 1 fully saturated rings. The monoisotopic (exact) mass is 314 g/mol. The zero-order chi connectivity index (χ0) is 16.2. The Morgan fingerprint density at radius 3 is 2.73 bits per heavy atom. The summed E-state index contributed by atoms with van der Waals surface area (Å²) in [6.07, 6.45) is -3.68. The number of nitrogens with zero attached hydrogens (tertiary/aromatic N) is 1. The maximum Gasteiger partial charge on any atom is 0.397 e. The molecular weight excluding hydrogens is 297 g/mol. The minimum Gasteiger partial charge on any atom is -0.352 e. The van der Waals surface area contributed by atoms with Gasteiger partial charge in [0, 0.05) is 25.2 Å². The molecule has 1 N–H and O–H groups in total. The van der Waals surface area contributed by atoms with Gasteiger partial charge in [-0.25, -0.2) is 0 Å². The Balaban J connectivity index is 1.97. The number of benzene rings is 1. The first-order valence-corrected chi connectivity index (χ1v) is 7.08. The van der Waals surface area contributed by atoms with E-state index in [4.69, 9.17) is 0 Å². The van der Waals surface area contributed by atoms with Gasteiger partial charge < -0.3 is 10.2 Å². The van der Waals surface area contributed by atoms with Crippen molar-refractivity contribution in [1.82, 2.24) is 5.32 Å². The van der Waals surface area contributed by atoms with Gasteiger partial charge >= 0.3 is 6.18 Å². The first-order valence-electron chi connectivity index (χ1n) is 7.08. The van der Waals surface area contributed by atoms with E-state index in [0.717, 1.165) is 12.8 Å². The summed E-state index contributed by atoms with van der Waals surface area (Å²) in [5.74, 6) is -1.02. The van der Waals surface area contributed by atoms with E-state index in [1.807, 2.05) is 0 Å². The summed E-state index contributed by atoms with van der Waals surface area (Å²) in [7, 11) is 0. The predicted octanol–water partition coefficient (Wildman–Crippen LogP) is 2.77. The molecule has 22 heavy (non-hydrogen) atoms. The molecule has 0 saturated carbocycles. The molecule has 0 radical (unpaired) electrons. The number of alkyl halides is 3. The zero-order valence-electron chi connectivity index (χ0n) is 11.9. The Hall–Kier alpha value is -2.05. The van der Waals surface area contributed by atoms with E-state index in [-0.39, 0.29) is 12.5 Å². The highest BCUT2D eigenvalue weighted by atomic mass is 19.4. The van der Waals surface area contributed by atoms with Crippen LogP contribution in [0.2, 0.25) is 0 Å². The smallest absolute Gasteiger partial charge is 0.352 e. The molecular formula is C15H17F3N2O2. The summed E-state index contributed by atoms with van der Waals surface area (Å²) in [6, 6.07) is 6.93. The quantitative estimate of drug-likeness (QED) is 0.929. The molecule has 2 amide bonds. The molecule has 0 aliphatic carbocycles. The first kappa shape index (κ1) is 16.3. The van der Waals surface area contributed by atoms with Crippen LogP contribution in [0.3, 0.4) is 0 Å². The van der Waals surface area contributed by atoms with Crippen LogP contribution >= 0.6 is 0 Å². The number of carbonyl (C=O) groups is 2. The van der Waals surface area contributed by atoms with Crippen LogP contribution in [-0.4, -0.2) is 24.5 Å². The Bertz CT molecular complexity index is 558. The second-order valence-corrected chi connectivity index (χ2v) is 5.24. The Kier molecular flexibility index (Phi) is 5.05. The van der Waals surface area contributed by atoms with Gasteiger partial charge in [-0.2, -0.15) is 13.2 Å². The molecule has 2 rings (SSSR count). The lowest BCUT2D eigenvalue weighted by atomic mass is 10.1. The van der Waals surface area contributed by atoms with Crippen LogP contribution in [0.4, 0.5) is 18.9 Å². The number of hydrogen-bond acceptors (Lipinski definition) is 2. The fourth-order valence-corrected chi connectivity index (χ4v) is 2.36. The van der Waals surface area contributed by atoms with E-state index in [1.54, 1.807) is 29.2 Å². The third-order valence-corrected chi connectivity index (χ3v) is 3.40. The number of rotatable bonds is 4. The van der Waals surface area contributed by atoms with Crippen LogP contribution in [0.25, 0.3) is 0 Å². The predicted molar refractivity (Wildman–Crippen MR) is 75.2 cm³/mol. The van der Waals surface area contributed by atoms with Gasteiger partial charge in [0.25, 0.3) is 0 Å². The molecule has 1 aromatic rings. The minimum atomic E-state index is -4.51. The zero-order valence-corrected chi connectivity index (χ0v) is 11.9. The van der Waals surface area contributed by atoms with Gasteiger partial charge in [-0.1, -0.05) is 12.1 Å². The normalized spacial score (nSPS) is 15.8. The van der Waals surface area contributed by atoms with E-state index in [0.29, 0.717) is 24.2 Å². The molecule has 4 nitrogen and oxygen atoms in total. The van der Waals surface area contributed by atoms with Crippen LogP contribution < -0.4 is 10.2 Å². The molecule has 1 aromatic carbocycles. The summed E-state index contributed by atoms with van der Waals surface area (Å²) in [5, 5.41) is 2.23. The molecule has 0 unspecified atom stereocenters. The molecule has 1 aliphatic rings. The molecule has 0 atom stereocenters. The largest absolute Gasteiger partial charge is 0.397 e. The number of amides is 2. The Morgan fingerprint density at radius 1 is 1.27 bits per heavy atom. The van der Waals surface area contributed by atoms with Crippen molar-refractivity contribution in [1.29, 1.82) is 0 Å². The summed E-state index contributed by atoms with van der Waals surface area (Å²) in [6.45, 7) is 0.646. The third-order valence-electron chi connectivity index (χ3n) is 3.40. The van der Waals surface area contributed by atoms with Gasteiger partial charge in [-0.15, -0.1) is 0 Å². The van der Waals surface area contributed by atoms with Crippen molar-refractivity contribution in [3.05, 3.63) is 29.8 Å². The van der Waals surface area contributed by atoms with Gasteiger partial charge in [-0.3, -0.25) is 9.59 Å². The fraction of sp³-hybridized carbons (Fsp3) is 0.467. The number of hydrogen-bond donors (Lipinski definition) is 1. The summed E-state index contributed by atoms with van der Waals surface area (Å²) in [4.78, 5) is 24.7. The molecule has 7 heteroatoms. The maximum absolute atomic E-state index is 12.1. The Morgan fingerprint density at radius 2 is 2.05 bits per heavy atom. The standard InChI is InChI=1S/C15H17F3N2O2/c16-15(17,18)9-13(21)19-10-11-4-3-5-12(8-11)20-7-2-1-6-14(20)22/h3-5,8H,1-2,6-7,9-10H2,(H,19,21).